The molecule has 0 aliphatic heterocycles. The first kappa shape index (κ1) is 14.5. The molecule has 0 spiro atoms. The first-order valence-electron chi connectivity index (χ1n) is 6.58. The average Bonchev–Trinajstić information content (AvgIpc) is 2.82. The second-order valence-corrected chi connectivity index (χ2v) is 4.78. The highest BCUT2D eigenvalue weighted by Crippen LogP contribution is 2.23. The van der Waals surface area contributed by atoms with Crippen molar-refractivity contribution < 1.29 is 13.9 Å². The van der Waals surface area contributed by atoms with Crippen LogP contribution in [0.3, 0.4) is 0 Å². The summed E-state index contributed by atoms with van der Waals surface area (Å²) in [5.74, 6) is 0.699. The topological polar surface area (TPSA) is 90.4 Å². The zero-order valence-corrected chi connectivity index (χ0v) is 11.7. The summed E-state index contributed by atoms with van der Waals surface area (Å²) in [6, 6.07) is 5.36. The maximum Gasteiger partial charge on any atom is 0.250 e. The molecule has 1 aromatic carbocycles. The van der Waals surface area contributed by atoms with Gasteiger partial charge < -0.3 is 20.2 Å². The Kier molecular flexibility index (Phi) is 4.70. The lowest BCUT2D eigenvalue weighted by atomic mass is 10.2. The maximum absolute atomic E-state index is 11.6. The van der Waals surface area contributed by atoms with Gasteiger partial charge in [-0.3, -0.25) is 4.79 Å². The smallest absolute Gasteiger partial charge is 0.250 e. The number of benzene rings is 1. The Bertz CT molecular complexity index is 592. The van der Waals surface area contributed by atoms with Crippen molar-refractivity contribution >= 4 is 22.7 Å². The fourth-order valence-electron chi connectivity index (χ4n) is 1.72. The molecule has 2 rings (SSSR count). The number of nitrogens with two attached hydrogens (primary N) is 1. The van der Waals surface area contributed by atoms with Crippen molar-refractivity contribution in [2.24, 2.45) is 5.73 Å². The van der Waals surface area contributed by atoms with Crippen molar-refractivity contribution in [3.63, 3.8) is 0 Å². The van der Waals surface area contributed by atoms with Crippen molar-refractivity contribution in [2.75, 3.05) is 25.1 Å². The molecule has 0 aliphatic carbocycles. The quantitative estimate of drug-likeness (QED) is 0.786. The van der Waals surface area contributed by atoms with Crippen molar-refractivity contribution in [1.82, 2.24) is 4.98 Å². The molecule has 0 atom stereocenters. The standard InChI is InChI=1S/C14H19N3O3/c1-9(2)14-17-11-7-10(3-4-12(11)20-14)16-13(18)8-19-6-5-15/h3-4,7,9H,5-6,8,15H2,1-2H3,(H,16,18). The van der Waals surface area contributed by atoms with E-state index >= 15 is 0 Å². The van der Waals surface area contributed by atoms with Gasteiger partial charge in [-0.15, -0.1) is 0 Å². The summed E-state index contributed by atoms with van der Waals surface area (Å²) in [6.07, 6.45) is 0. The van der Waals surface area contributed by atoms with Crippen LogP contribution in [0, 0.1) is 0 Å². The first-order chi connectivity index (χ1) is 9.60. The van der Waals surface area contributed by atoms with Gasteiger partial charge in [0.15, 0.2) is 11.5 Å². The van der Waals surface area contributed by atoms with Crippen LogP contribution in [0.2, 0.25) is 0 Å². The number of nitrogens with zero attached hydrogens (tertiary/aromatic N) is 1. The number of oxazole rings is 1. The zero-order valence-electron chi connectivity index (χ0n) is 11.7. The molecule has 0 radical (unpaired) electrons. The highest BCUT2D eigenvalue weighted by Gasteiger charge is 2.10. The molecule has 1 amide bonds. The Hall–Kier alpha value is -1.92. The van der Waals surface area contributed by atoms with E-state index in [9.17, 15) is 4.79 Å². The lowest BCUT2D eigenvalue weighted by molar-refractivity contribution is -0.120. The van der Waals surface area contributed by atoms with Gasteiger partial charge in [-0.1, -0.05) is 13.8 Å². The van der Waals surface area contributed by atoms with Crippen LogP contribution < -0.4 is 11.1 Å². The Morgan fingerprint density at radius 1 is 1.50 bits per heavy atom. The number of aromatic nitrogens is 1. The summed E-state index contributed by atoms with van der Waals surface area (Å²) in [7, 11) is 0. The molecular weight excluding hydrogens is 258 g/mol. The van der Waals surface area contributed by atoms with E-state index in [2.05, 4.69) is 10.3 Å². The number of rotatable bonds is 6. The average molecular weight is 277 g/mol. The Morgan fingerprint density at radius 2 is 2.30 bits per heavy atom. The molecule has 3 N–H and O–H groups in total. The molecule has 6 heteroatoms. The van der Waals surface area contributed by atoms with E-state index in [4.69, 9.17) is 14.9 Å². The molecular formula is C14H19N3O3. The van der Waals surface area contributed by atoms with E-state index in [0.717, 1.165) is 5.52 Å². The minimum Gasteiger partial charge on any atom is -0.440 e. The molecule has 0 aliphatic rings. The van der Waals surface area contributed by atoms with Crippen LogP contribution in [0.4, 0.5) is 5.69 Å². The molecule has 6 nitrogen and oxygen atoms in total. The molecule has 2 aromatic rings. The second kappa shape index (κ2) is 6.49. The van der Waals surface area contributed by atoms with E-state index in [1.165, 1.54) is 0 Å². The summed E-state index contributed by atoms with van der Waals surface area (Å²) in [5.41, 5.74) is 7.39. The van der Waals surface area contributed by atoms with Crippen LogP contribution in [0.25, 0.3) is 11.1 Å². The van der Waals surface area contributed by atoms with Crippen LogP contribution in [0.1, 0.15) is 25.7 Å². The van der Waals surface area contributed by atoms with Crippen LogP contribution in [0.5, 0.6) is 0 Å². The summed E-state index contributed by atoms with van der Waals surface area (Å²) >= 11 is 0. The third-order valence-corrected chi connectivity index (χ3v) is 2.68. The normalized spacial score (nSPS) is 11.2. The summed E-state index contributed by atoms with van der Waals surface area (Å²) in [4.78, 5) is 16.0. The molecule has 108 valence electrons. The largest absolute Gasteiger partial charge is 0.440 e. The number of ether oxygens (including phenoxy) is 1. The molecule has 1 aromatic heterocycles. The lowest BCUT2D eigenvalue weighted by Crippen LogP contribution is -2.20. The molecule has 0 saturated heterocycles. The highest BCUT2D eigenvalue weighted by molar-refractivity contribution is 5.93. The molecule has 0 fully saturated rings. The first-order valence-corrected chi connectivity index (χ1v) is 6.58. The number of carbonyl (C=O) groups is 1. The van der Waals surface area contributed by atoms with E-state index in [1.807, 2.05) is 13.8 Å². The predicted octanol–water partition coefficient (Wildman–Crippen LogP) is 1.86. The van der Waals surface area contributed by atoms with Gasteiger partial charge in [-0.2, -0.15) is 0 Å². The van der Waals surface area contributed by atoms with Gasteiger partial charge in [0.2, 0.25) is 5.91 Å². The van der Waals surface area contributed by atoms with Crippen LogP contribution in [0.15, 0.2) is 22.6 Å². The molecule has 1 heterocycles. The van der Waals surface area contributed by atoms with Gasteiger partial charge >= 0.3 is 0 Å². The molecule has 0 saturated carbocycles. The Labute approximate surface area is 117 Å². The number of amides is 1. The number of nitrogens with one attached hydrogen (secondary N) is 1. The fourth-order valence-corrected chi connectivity index (χ4v) is 1.72. The van der Waals surface area contributed by atoms with E-state index in [1.54, 1.807) is 18.2 Å². The van der Waals surface area contributed by atoms with Crippen molar-refractivity contribution in [3.8, 4) is 0 Å². The van der Waals surface area contributed by atoms with Crippen molar-refractivity contribution in [1.29, 1.82) is 0 Å². The number of hydrogen-bond donors (Lipinski definition) is 2. The number of carbonyl (C=O) groups excluding carboxylic acids is 1. The van der Waals surface area contributed by atoms with Gasteiger partial charge in [0, 0.05) is 18.2 Å². The molecule has 20 heavy (non-hydrogen) atoms. The van der Waals surface area contributed by atoms with E-state index < -0.39 is 0 Å². The number of fused-ring (bicyclic) bond motifs is 1. The van der Waals surface area contributed by atoms with E-state index in [-0.39, 0.29) is 18.4 Å². The van der Waals surface area contributed by atoms with Gasteiger partial charge in [0.1, 0.15) is 12.1 Å². The van der Waals surface area contributed by atoms with Crippen LogP contribution in [-0.4, -0.2) is 30.6 Å². The minimum absolute atomic E-state index is 0.00863. The van der Waals surface area contributed by atoms with E-state index in [0.29, 0.717) is 30.3 Å². The molecule has 0 unspecified atom stereocenters. The third kappa shape index (κ3) is 3.55. The molecule has 0 bridgehead atoms. The van der Waals surface area contributed by atoms with Gasteiger partial charge in [0.25, 0.3) is 0 Å². The highest BCUT2D eigenvalue weighted by atomic mass is 16.5. The zero-order chi connectivity index (χ0) is 14.5. The van der Waals surface area contributed by atoms with Gasteiger partial charge in [-0.25, -0.2) is 4.98 Å². The van der Waals surface area contributed by atoms with Crippen molar-refractivity contribution in [2.45, 2.75) is 19.8 Å². The maximum atomic E-state index is 11.6. The Balaban J connectivity index is 2.05. The third-order valence-electron chi connectivity index (χ3n) is 2.68. The van der Waals surface area contributed by atoms with Gasteiger partial charge in [0.05, 0.1) is 6.61 Å². The fraction of sp³-hybridized carbons (Fsp3) is 0.429. The predicted molar refractivity (Wildman–Crippen MR) is 76.6 cm³/mol. The number of hydrogen-bond acceptors (Lipinski definition) is 5. The summed E-state index contributed by atoms with van der Waals surface area (Å²) in [5, 5.41) is 2.75. The van der Waals surface area contributed by atoms with Crippen LogP contribution in [-0.2, 0) is 9.53 Å². The summed E-state index contributed by atoms with van der Waals surface area (Å²) < 4.78 is 10.7. The monoisotopic (exact) mass is 277 g/mol. The second-order valence-electron chi connectivity index (χ2n) is 4.78. The van der Waals surface area contributed by atoms with Gasteiger partial charge in [-0.05, 0) is 18.2 Å². The number of anilines is 1. The minimum atomic E-state index is -0.217. The SMILES string of the molecule is CC(C)c1nc2cc(NC(=O)COCCN)ccc2o1. The summed E-state index contributed by atoms with van der Waals surface area (Å²) in [6.45, 7) is 4.79. The Morgan fingerprint density at radius 3 is 3.00 bits per heavy atom. The van der Waals surface area contributed by atoms with Crippen molar-refractivity contribution in [3.05, 3.63) is 24.1 Å². The lowest BCUT2D eigenvalue weighted by Gasteiger charge is -2.05. The van der Waals surface area contributed by atoms with Crippen LogP contribution >= 0.6 is 0 Å².